The maximum atomic E-state index is 13.0. The van der Waals surface area contributed by atoms with Gasteiger partial charge < -0.3 is 5.73 Å². The van der Waals surface area contributed by atoms with Crippen molar-refractivity contribution in [3.8, 4) is 6.07 Å². The number of nitrogens with zero attached hydrogens (tertiary/aromatic N) is 3. The van der Waals surface area contributed by atoms with Crippen molar-refractivity contribution in [2.75, 3.05) is 5.73 Å². The monoisotopic (exact) mass is 234 g/mol. The van der Waals surface area contributed by atoms with Crippen LogP contribution in [0.15, 0.2) is 24.4 Å². The van der Waals surface area contributed by atoms with Gasteiger partial charge in [0, 0.05) is 6.20 Å². The van der Waals surface area contributed by atoms with Gasteiger partial charge in [0.05, 0.1) is 6.54 Å². The van der Waals surface area contributed by atoms with Crippen LogP contribution < -0.4 is 5.73 Å². The third-order valence-corrected chi connectivity index (χ3v) is 2.24. The van der Waals surface area contributed by atoms with Crippen LogP contribution in [0.4, 0.5) is 14.6 Å². The van der Waals surface area contributed by atoms with Crippen LogP contribution in [0.2, 0.25) is 0 Å². The van der Waals surface area contributed by atoms with Crippen LogP contribution in [0.25, 0.3) is 0 Å². The van der Waals surface area contributed by atoms with Crippen molar-refractivity contribution in [3.05, 3.63) is 47.2 Å². The molecule has 1 aromatic heterocycles. The number of hydrogen-bond acceptors (Lipinski definition) is 3. The molecular weight excluding hydrogens is 226 g/mol. The zero-order valence-corrected chi connectivity index (χ0v) is 8.69. The van der Waals surface area contributed by atoms with Gasteiger partial charge >= 0.3 is 0 Å². The molecule has 0 bridgehead atoms. The van der Waals surface area contributed by atoms with Crippen molar-refractivity contribution in [3.63, 3.8) is 0 Å². The normalized spacial score (nSPS) is 10.2. The van der Waals surface area contributed by atoms with Gasteiger partial charge in [0.2, 0.25) is 0 Å². The van der Waals surface area contributed by atoms with Gasteiger partial charge in [0.25, 0.3) is 0 Å². The summed E-state index contributed by atoms with van der Waals surface area (Å²) in [5.74, 6) is -1.69. The molecule has 6 heteroatoms. The first-order valence-corrected chi connectivity index (χ1v) is 4.77. The lowest BCUT2D eigenvalue weighted by Crippen LogP contribution is -2.02. The number of hydrogen-bond donors (Lipinski definition) is 1. The SMILES string of the molecule is N#Cc1cn(Cc2ccc(F)c(F)c2)nc1N. The quantitative estimate of drug-likeness (QED) is 0.859. The highest BCUT2D eigenvalue weighted by Gasteiger charge is 2.07. The smallest absolute Gasteiger partial charge is 0.163 e. The standard InChI is InChI=1S/C11H8F2N4/c12-9-2-1-7(3-10(9)13)5-17-6-8(4-14)11(15)16-17/h1-3,6H,5H2,(H2,15,16). The molecule has 0 unspecified atom stereocenters. The minimum absolute atomic E-state index is 0.120. The Balaban J connectivity index is 2.25. The second-order valence-corrected chi connectivity index (χ2v) is 3.49. The second kappa shape index (κ2) is 4.22. The van der Waals surface area contributed by atoms with Crippen LogP contribution in [-0.4, -0.2) is 9.78 Å². The zero-order chi connectivity index (χ0) is 12.4. The molecule has 0 amide bonds. The van der Waals surface area contributed by atoms with Crippen LogP contribution in [0.1, 0.15) is 11.1 Å². The van der Waals surface area contributed by atoms with Gasteiger partial charge in [-0.3, -0.25) is 4.68 Å². The van der Waals surface area contributed by atoms with Gasteiger partial charge in [-0.15, -0.1) is 0 Å². The molecule has 0 spiro atoms. The first-order valence-electron chi connectivity index (χ1n) is 4.77. The summed E-state index contributed by atoms with van der Waals surface area (Å²) in [6, 6.07) is 5.45. The van der Waals surface area contributed by atoms with E-state index >= 15 is 0 Å². The Bertz CT molecular complexity index is 598. The van der Waals surface area contributed by atoms with Gasteiger partial charge in [-0.25, -0.2) is 8.78 Å². The summed E-state index contributed by atoms with van der Waals surface area (Å²) >= 11 is 0. The second-order valence-electron chi connectivity index (χ2n) is 3.49. The van der Waals surface area contributed by atoms with Crippen LogP contribution in [0.3, 0.4) is 0 Å². The summed E-state index contributed by atoms with van der Waals surface area (Å²) in [6.07, 6.45) is 1.45. The molecule has 0 aliphatic heterocycles. The van der Waals surface area contributed by atoms with Gasteiger partial charge in [0.15, 0.2) is 17.5 Å². The highest BCUT2D eigenvalue weighted by molar-refractivity contribution is 5.46. The van der Waals surface area contributed by atoms with E-state index in [1.54, 1.807) is 0 Å². The minimum Gasteiger partial charge on any atom is -0.381 e. The molecular formula is C11H8F2N4. The van der Waals surface area contributed by atoms with Crippen LogP contribution in [0, 0.1) is 23.0 Å². The summed E-state index contributed by atoms with van der Waals surface area (Å²) < 4.78 is 27.1. The van der Waals surface area contributed by atoms with Crippen molar-refractivity contribution in [2.45, 2.75) is 6.54 Å². The van der Waals surface area contributed by atoms with E-state index in [0.29, 0.717) is 5.56 Å². The van der Waals surface area contributed by atoms with E-state index < -0.39 is 11.6 Å². The molecule has 2 rings (SSSR count). The molecule has 2 aromatic rings. The number of anilines is 1. The van der Waals surface area contributed by atoms with Crippen LogP contribution in [0.5, 0.6) is 0 Å². The molecule has 0 aliphatic carbocycles. The van der Waals surface area contributed by atoms with Crippen molar-refractivity contribution >= 4 is 5.82 Å². The van der Waals surface area contributed by atoms with Crippen LogP contribution >= 0.6 is 0 Å². The number of rotatable bonds is 2. The van der Waals surface area contributed by atoms with Crippen molar-refractivity contribution < 1.29 is 8.78 Å². The van der Waals surface area contributed by atoms with E-state index in [0.717, 1.165) is 12.1 Å². The number of nitrogens with two attached hydrogens (primary N) is 1. The summed E-state index contributed by atoms with van der Waals surface area (Å²) in [4.78, 5) is 0. The molecule has 4 nitrogen and oxygen atoms in total. The van der Waals surface area contributed by atoms with E-state index in [-0.39, 0.29) is 17.9 Å². The van der Waals surface area contributed by atoms with E-state index in [4.69, 9.17) is 11.0 Å². The van der Waals surface area contributed by atoms with Gasteiger partial charge in [-0.05, 0) is 17.7 Å². The molecule has 17 heavy (non-hydrogen) atoms. The Kier molecular flexibility index (Phi) is 2.75. The Morgan fingerprint density at radius 2 is 2.12 bits per heavy atom. The van der Waals surface area contributed by atoms with Gasteiger partial charge in [0.1, 0.15) is 11.6 Å². The molecule has 0 aliphatic rings. The maximum absolute atomic E-state index is 13.0. The fourth-order valence-corrected chi connectivity index (χ4v) is 1.43. The Morgan fingerprint density at radius 3 is 2.71 bits per heavy atom. The molecule has 1 aromatic carbocycles. The first-order chi connectivity index (χ1) is 8.10. The number of aromatic nitrogens is 2. The van der Waals surface area contributed by atoms with Gasteiger partial charge in [-0.2, -0.15) is 10.4 Å². The third-order valence-electron chi connectivity index (χ3n) is 2.24. The number of benzene rings is 1. The van der Waals surface area contributed by atoms with E-state index in [1.165, 1.54) is 16.9 Å². The van der Waals surface area contributed by atoms with E-state index in [2.05, 4.69) is 5.10 Å². The van der Waals surface area contributed by atoms with Crippen molar-refractivity contribution in [1.82, 2.24) is 9.78 Å². The summed E-state index contributed by atoms with van der Waals surface area (Å²) in [6.45, 7) is 0.225. The largest absolute Gasteiger partial charge is 0.381 e. The molecule has 86 valence electrons. The average Bonchev–Trinajstić information content (AvgIpc) is 2.64. The molecule has 0 radical (unpaired) electrons. The molecule has 0 saturated heterocycles. The lowest BCUT2D eigenvalue weighted by atomic mass is 10.2. The Morgan fingerprint density at radius 1 is 1.35 bits per heavy atom. The Labute approximate surface area is 95.9 Å². The van der Waals surface area contributed by atoms with Gasteiger partial charge in [-0.1, -0.05) is 6.07 Å². The lowest BCUT2D eigenvalue weighted by molar-refractivity contribution is 0.506. The van der Waals surface area contributed by atoms with E-state index in [9.17, 15) is 8.78 Å². The van der Waals surface area contributed by atoms with Crippen molar-refractivity contribution in [1.29, 1.82) is 5.26 Å². The molecule has 0 atom stereocenters. The highest BCUT2D eigenvalue weighted by atomic mass is 19.2. The third kappa shape index (κ3) is 2.23. The predicted octanol–water partition coefficient (Wildman–Crippen LogP) is 1.66. The number of nitrogen functional groups attached to an aromatic ring is 1. The summed E-state index contributed by atoms with van der Waals surface area (Å²) in [5, 5.41) is 12.6. The molecule has 0 saturated carbocycles. The minimum atomic E-state index is -0.914. The number of halogens is 2. The lowest BCUT2D eigenvalue weighted by Gasteiger charge is -2.02. The fraction of sp³-hybridized carbons (Fsp3) is 0.0909. The average molecular weight is 234 g/mol. The van der Waals surface area contributed by atoms with E-state index in [1.807, 2.05) is 6.07 Å². The molecule has 1 heterocycles. The highest BCUT2D eigenvalue weighted by Crippen LogP contribution is 2.12. The zero-order valence-electron chi connectivity index (χ0n) is 8.69. The topological polar surface area (TPSA) is 67.6 Å². The summed E-state index contributed by atoms with van der Waals surface area (Å²) in [7, 11) is 0. The van der Waals surface area contributed by atoms with Crippen molar-refractivity contribution in [2.24, 2.45) is 0 Å². The number of nitriles is 1. The molecule has 2 N–H and O–H groups in total. The summed E-state index contributed by atoms with van der Waals surface area (Å²) in [5.41, 5.74) is 6.27. The first kappa shape index (κ1) is 11.1. The van der Waals surface area contributed by atoms with Crippen LogP contribution in [-0.2, 0) is 6.54 Å². The Hall–Kier alpha value is -2.42. The predicted molar refractivity (Wildman–Crippen MR) is 56.8 cm³/mol. The fourth-order valence-electron chi connectivity index (χ4n) is 1.43. The maximum Gasteiger partial charge on any atom is 0.163 e. The molecule has 0 fully saturated rings.